The Labute approximate surface area is 59.7 Å². The van der Waals surface area contributed by atoms with Gasteiger partial charge in [-0.1, -0.05) is 0 Å². The van der Waals surface area contributed by atoms with Gasteiger partial charge in [0.05, 0.1) is 0 Å². The summed E-state index contributed by atoms with van der Waals surface area (Å²) in [7, 11) is 0. The third kappa shape index (κ3) is 9.90. The average molecular weight is 342 g/mol. The van der Waals surface area contributed by atoms with Gasteiger partial charge in [0.1, 0.15) is 0 Å². The summed E-state index contributed by atoms with van der Waals surface area (Å²) < 4.78 is 41.0. The monoisotopic (exact) mass is 340 g/mol. The molecule has 0 saturated heterocycles. The molecule has 0 atom stereocenters. The van der Waals surface area contributed by atoms with E-state index in [1.54, 1.807) is 0 Å². The minimum atomic E-state index is -4.13. The Hall–Kier alpha value is 0.756. The normalized spacial score (nSPS) is 7.00. The van der Waals surface area contributed by atoms with E-state index in [0.29, 0.717) is 0 Å². The molecule has 0 unspecified atom stereocenters. The molecule has 2 N–H and O–H groups in total. The Morgan fingerprint density at radius 1 is 0.875 bits per heavy atom. The van der Waals surface area contributed by atoms with Crippen LogP contribution in [0.1, 0.15) is 0 Å². The first-order valence-electron chi connectivity index (χ1n) is 1.10. The van der Waals surface area contributed by atoms with Crippen LogP contribution >= 0.6 is 0 Å². The predicted molar refractivity (Wildman–Crippen MR) is 19.0 cm³/mol. The number of hydrogen-bond acceptors (Lipinski definition) is 5. The fourth-order valence-corrected chi connectivity index (χ4v) is 2.45. The van der Waals surface area contributed by atoms with E-state index in [1.807, 2.05) is 0 Å². The Morgan fingerprint density at radius 3 is 1.12 bits per heavy atom. The fourth-order valence-electron chi connectivity index (χ4n) is 0.0544. The first kappa shape index (κ1) is 11.5. The molecule has 0 aromatic rings. The zero-order valence-electron chi connectivity index (χ0n) is 3.44. The van der Waals surface area contributed by atoms with Crippen LogP contribution in [0, 0.1) is 0 Å². The topological polar surface area (TPSA) is 109 Å². The summed E-state index contributed by atoms with van der Waals surface area (Å²) in [5, 5.41) is 0. The SMILES string of the molecule is O.[O]=[Sb](=[O])[O][Sb](=[O])=[O]. The number of hydrogen-bond donors (Lipinski definition) is 0. The van der Waals surface area contributed by atoms with Gasteiger partial charge >= 0.3 is 54.6 Å². The van der Waals surface area contributed by atoms with E-state index in [9.17, 15) is 12.1 Å². The van der Waals surface area contributed by atoms with Gasteiger partial charge in [0.25, 0.3) is 0 Å². The molecule has 0 aromatic carbocycles. The molecule has 0 fully saturated rings. The van der Waals surface area contributed by atoms with Crippen molar-refractivity contribution in [2.24, 2.45) is 0 Å². The summed E-state index contributed by atoms with van der Waals surface area (Å²) in [6.07, 6.45) is 0. The van der Waals surface area contributed by atoms with Crippen molar-refractivity contribution in [3.63, 3.8) is 0 Å². The van der Waals surface area contributed by atoms with Gasteiger partial charge < -0.3 is 5.48 Å². The second-order valence-electron chi connectivity index (χ2n) is 0.529. The maximum atomic E-state index is 9.39. The van der Waals surface area contributed by atoms with Gasteiger partial charge in [-0.15, -0.1) is 0 Å². The molecular formula is H2O6Sb2. The molecule has 0 bridgehead atoms. The Bertz CT molecular complexity index is 135. The van der Waals surface area contributed by atoms with Gasteiger partial charge in [-0.05, 0) is 0 Å². The van der Waals surface area contributed by atoms with E-state index in [0.717, 1.165) is 0 Å². The van der Waals surface area contributed by atoms with Crippen molar-refractivity contribution in [3.8, 4) is 0 Å². The fraction of sp³-hybridized carbons (Fsp3) is 0. The molecule has 0 aromatic heterocycles. The molecular weight excluding hydrogens is 340 g/mol. The van der Waals surface area contributed by atoms with Crippen LogP contribution < -0.4 is 0 Å². The van der Waals surface area contributed by atoms with Crippen LogP contribution in [0.2, 0.25) is 0 Å². The van der Waals surface area contributed by atoms with Crippen LogP contribution in [-0.4, -0.2) is 46.7 Å². The summed E-state index contributed by atoms with van der Waals surface area (Å²) >= 11 is -8.25. The Morgan fingerprint density at radius 2 is 1.12 bits per heavy atom. The summed E-state index contributed by atoms with van der Waals surface area (Å²) in [5.74, 6) is 0. The molecule has 0 spiro atoms. The van der Waals surface area contributed by atoms with Gasteiger partial charge in [0.15, 0.2) is 0 Å². The van der Waals surface area contributed by atoms with E-state index >= 15 is 0 Å². The molecule has 0 aliphatic heterocycles. The van der Waals surface area contributed by atoms with Crippen molar-refractivity contribution >= 4 is 41.2 Å². The first-order valence-corrected chi connectivity index (χ1v) is 7.35. The van der Waals surface area contributed by atoms with E-state index in [2.05, 4.69) is 1.29 Å². The predicted octanol–water partition coefficient (Wildman–Crippen LogP) is -2.13. The van der Waals surface area contributed by atoms with Gasteiger partial charge in [0.2, 0.25) is 0 Å². The van der Waals surface area contributed by atoms with Gasteiger partial charge in [0, 0.05) is 0 Å². The van der Waals surface area contributed by atoms with Gasteiger partial charge in [-0.3, -0.25) is 0 Å². The van der Waals surface area contributed by atoms with Gasteiger partial charge in [-0.25, -0.2) is 0 Å². The van der Waals surface area contributed by atoms with Crippen LogP contribution in [0.25, 0.3) is 0 Å². The molecule has 0 radical (unpaired) electrons. The van der Waals surface area contributed by atoms with Crippen molar-refractivity contribution in [2.75, 3.05) is 0 Å². The first-order chi connectivity index (χ1) is 3.13. The Balaban J connectivity index is 0. The van der Waals surface area contributed by atoms with Crippen LogP contribution in [-0.2, 0) is 13.4 Å². The van der Waals surface area contributed by atoms with Crippen LogP contribution in [0.5, 0.6) is 0 Å². The molecule has 48 valence electrons. The third-order valence-corrected chi connectivity index (χ3v) is 6.00. The summed E-state index contributed by atoms with van der Waals surface area (Å²) in [6.45, 7) is 0. The van der Waals surface area contributed by atoms with Crippen molar-refractivity contribution in [3.05, 3.63) is 0 Å². The molecule has 0 aliphatic rings. The Kier molecular flexibility index (Phi) is 8.49. The molecule has 8 heteroatoms. The zero-order valence-corrected chi connectivity index (χ0v) is 8.54. The van der Waals surface area contributed by atoms with Crippen molar-refractivity contribution in [2.45, 2.75) is 0 Å². The third-order valence-electron chi connectivity index (χ3n) is 0.133. The van der Waals surface area contributed by atoms with Crippen molar-refractivity contribution < 1.29 is 18.8 Å². The van der Waals surface area contributed by atoms with Crippen LogP contribution in [0.3, 0.4) is 0 Å². The molecule has 0 heterocycles. The molecule has 0 amide bonds. The van der Waals surface area contributed by atoms with Crippen LogP contribution in [0.15, 0.2) is 0 Å². The van der Waals surface area contributed by atoms with E-state index < -0.39 is 41.2 Å². The van der Waals surface area contributed by atoms with Crippen LogP contribution in [0.4, 0.5) is 0 Å². The molecule has 6 nitrogen and oxygen atoms in total. The standard InChI is InChI=1S/H2O.5O.2Sb/h1H2;;;;;;;. The maximum absolute atomic E-state index is 9.39. The minimum absolute atomic E-state index is 0. The molecule has 0 rings (SSSR count). The molecule has 8 heavy (non-hydrogen) atoms. The second kappa shape index (κ2) is 5.89. The average Bonchev–Trinajstić information content (AvgIpc) is 1.27. The quantitative estimate of drug-likeness (QED) is 0.533. The van der Waals surface area contributed by atoms with E-state index in [-0.39, 0.29) is 5.48 Å². The number of rotatable bonds is 2. The zero-order chi connectivity index (χ0) is 5.86. The van der Waals surface area contributed by atoms with Crippen molar-refractivity contribution in [1.29, 1.82) is 0 Å². The van der Waals surface area contributed by atoms with Crippen molar-refractivity contribution in [1.82, 2.24) is 0 Å². The molecule has 0 saturated carbocycles. The summed E-state index contributed by atoms with van der Waals surface area (Å²) in [6, 6.07) is 0. The summed E-state index contributed by atoms with van der Waals surface area (Å²) in [5.41, 5.74) is 0. The van der Waals surface area contributed by atoms with Gasteiger partial charge in [-0.2, -0.15) is 0 Å². The molecule has 0 aliphatic carbocycles. The van der Waals surface area contributed by atoms with E-state index in [1.165, 1.54) is 0 Å². The summed E-state index contributed by atoms with van der Waals surface area (Å²) in [4.78, 5) is 0. The second-order valence-corrected chi connectivity index (χ2v) is 6.67. The van der Waals surface area contributed by atoms with E-state index in [4.69, 9.17) is 0 Å².